The predicted octanol–water partition coefficient (Wildman–Crippen LogP) is 6.69. The van der Waals surface area contributed by atoms with Gasteiger partial charge >= 0.3 is 0 Å². The van der Waals surface area contributed by atoms with E-state index in [1.165, 1.54) is 0 Å². The van der Waals surface area contributed by atoms with E-state index >= 15 is 0 Å². The number of hydrogen-bond acceptors (Lipinski definition) is 4. The lowest BCUT2D eigenvalue weighted by atomic mass is 9.96. The molecule has 0 spiro atoms. The van der Waals surface area contributed by atoms with Crippen LogP contribution in [0.15, 0.2) is 72.8 Å². The predicted molar refractivity (Wildman–Crippen MR) is 143 cm³/mol. The van der Waals surface area contributed by atoms with Crippen LogP contribution in [0.3, 0.4) is 0 Å². The van der Waals surface area contributed by atoms with Gasteiger partial charge in [-0.3, -0.25) is 9.89 Å². The largest absolute Gasteiger partial charge is 0.489 e. The standard InChI is InChI=1S/C29H25Cl2N3O3/c30-21-9-3-18(4-10-21)17-37-23-13-7-20(8-14-23)28-25-26(19-5-11-22(31)12-6-19)32-33-27(25)29(35)34(28)16-24-2-1-15-36-24/h3-14,24,28H,1-2,15-17H2,(H,32,33). The summed E-state index contributed by atoms with van der Waals surface area (Å²) in [5.41, 5.74) is 5.08. The quantitative estimate of drug-likeness (QED) is 0.287. The second kappa shape index (κ2) is 10.2. The minimum absolute atomic E-state index is 0.0318. The van der Waals surface area contributed by atoms with Gasteiger partial charge in [0.05, 0.1) is 17.8 Å². The van der Waals surface area contributed by atoms with Crippen molar-refractivity contribution in [2.24, 2.45) is 0 Å². The number of halogens is 2. The summed E-state index contributed by atoms with van der Waals surface area (Å²) < 4.78 is 11.9. The molecule has 0 saturated carbocycles. The van der Waals surface area contributed by atoms with Crippen molar-refractivity contribution in [1.82, 2.24) is 15.1 Å². The Morgan fingerprint density at radius 3 is 2.35 bits per heavy atom. The van der Waals surface area contributed by atoms with Gasteiger partial charge in [0, 0.05) is 34.3 Å². The van der Waals surface area contributed by atoms with Gasteiger partial charge in [-0.15, -0.1) is 0 Å². The van der Waals surface area contributed by atoms with Crippen molar-refractivity contribution in [2.45, 2.75) is 31.6 Å². The van der Waals surface area contributed by atoms with Gasteiger partial charge in [0.2, 0.25) is 0 Å². The third-order valence-corrected chi connectivity index (χ3v) is 7.42. The van der Waals surface area contributed by atoms with Crippen LogP contribution in [0.2, 0.25) is 10.0 Å². The third kappa shape index (κ3) is 4.85. The van der Waals surface area contributed by atoms with Crippen molar-refractivity contribution in [3.63, 3.8) is 0 Å². The van der Waals surface area contributed by atoms with E-state index in [9.17, 15) is 4.79 Å². The lowest BCUT2D eigenvalue weighted by Gasteiger charge is -2.28. The van der Waals surface area contributed by atoms with Crippen LogP contribution < -0.4 is 4.74 Å². The number of benzene rings is 3. The number of hydrogen-bond donors (Lipinski definition) is 1. The smallest absolute Gasteiger partial charge is 0.273 e. The second-order valence-electron chi connectivity index (χ2n) is 9.35. The van der Waals surface area contributed by atoms with Gasteiger partial charge in [-0.1, -0.05) is 59.6 Å². The molecule has 1 amide bonds. The van der Waals surface area contributed by atoms with Crippen molar-refractivity contribution in [1.29, 1.82) is 0 Å². The topological polar surface area (TPSA) is 67.5 Å². The molecule has 6 nitrogen and oxygen atoms in total. The molecule has 1 fully saturated rings. The summed E-state index contributed by atoms with van der Waals surface area (Å²) in [6, 6.07) is 22.8. The molecule has 1 aromatic heterocycles. The Hall–Kier alpha value is -3.32. The molecule has 0 radical (unpaired) electrons. The number of amides is 1. The lowest BCUT2D eigenvalue weighted by Crippen LogP contribution is -2.36. The van der Waals surface area contributed by atoms with Crippen molar-refractivity contribution < 1.29 is 14.3 Å². The normalized spacial score (nSPS) is 18.9. The molecule has 6 rings (SSSR count). The molecule has 0 bridgehead atoms. The summed E-state index contributed by atoms with van der Waals surface area (Å²) in [7, 11) is 0. The maximum atomic E-state index is 13.6. The molecule has 3 aromatic carbocycles. The van der Waals surface area contributed by atoms with Crippen LogP contribution >= 0.6 is 23.2 Å². The fourth-order valence-electron chi connectivity index (χ4n) is 5.06. The molecule has 2 atom stereocenters. The first-order valence-electron chi connectivity index (χ1n) is 12.3. The molecule has 1 saturated heterocycles. The summed E-state index contributed by atoms with van der Waals surface area (Å²) >= 11 is 12.1. The molecule has 3 heterocycles. The number of ether oxygens (including phenoxy) is 2. The number of H-pyrrole nitrogens is 1. The van der Waals surface area contributed by atoms with E-state index in [2.05, 4.69) is 10.2 Å². The molecule has 0 aliphatic carbocycles. The fourth-order valence-corrected chi connectivity index (χ4v) is 5.31. The molecule has 2 aliphatic rings. The van der Waals surface area contributed by atoms with Gasteiger partial charge in [-0.25, -0.2) is 0 Å². The van der Waals surface area contributed by atoms with Crippen molar-refractivity contribution >= 4 is 29.1 Å². The first-order chi connectivity index (χ1) is 18.1. The number of rotatable bonds is 7. The SMILES string of the molecule is O=C1c2[nH]nc(-c3ccc(Cl)cc3)c2C(c2ccc(OCc3ccc(Cl)cc3)cc2)N1CC1CCCO1. The lowest BCUT2D eigenvalue weighted by molar-refractivity contribution is 0.0495. The van der Waals surface area contributed by atoms with Gasteiger partial charge in [0.1, 0.15) is 18.1 Å². The van der Waals surface area contributed by atoms with E-state index in [4.69, 9.17) is 32.7 Å². The van der Waals surface area contributed by atoms with Gasteiger partial charge in [0.15, 0.2) is 0 Å². The number of carbonyl (C=O) groups is 1. The van der Waals surface area contributed by atoms with Crippen molar-refractivity contribution in [3.05, 3.63) is 105 Å². The van der Waals surface area contributed by atoms with Crippen molar-refractivity contribution in [3.8, 4) is 17.0 Å². The zero-order chi connectivity index (χ0) is 25.4. The highest BCUT2D eigenvalue weighted by Crippen LogP contribution is 2.43. The van der Waals surface area contributed by atoms with E-state index in [-0.39, 0.29) is 18.1 Å². The summed E-state index contributed by atoms with van der Waals surface area (Å²) in [5.74, 6) is 0.685. The highest BCUT2D eigenvalue weighted by molar-refractivity contribution is 6.30. The molecule has 1 N–H and O–H groups in total. The summed E-state index contributed by atoms with van der Waals surface area (Å²) in [6.07, 6.45) is 1.99. The molecular weight excluding hydrogens is 509 g/mol. The van der Waals surface area contributed by atoms with Crippen LogP contribution in [0, 0.1) is 0 Å². The van der Waals surface area contributed by atoms with Crippen LogP contribution in [-0.2, 0) is 11.3 Å². The van der Waals surface area contributed by atoms with Gasteiger partial charge in [-0.05, 0) is 60.4 Å². The average Bonchev–Trinajstić information content (AvgIpc) is 3.64. The molecule has 4 aromatic rings. The van der Waals surface area contributed by atoms with Gasteiger partial charge in [0.25, 0.3) is 5.91 Å². The average molecular weight is 534 g/mol. The fraction of sp³-hybridized carbons (Fsp3) is 0.241. The number of nitrogens with one attached hydrogen (secondary N) is 1. The van der Waals surface area contributed by atoms with E-state index in [1.807, 2.05) is 77.7 Å². The highest BCUT2D eigenvalue weighted by Gasteiger charge is 2.43. The number of fused-ring (bicyclic) bond motifs is 1. The van der Waals surface area contributed by atoms with Crippen molar-refractivity contribution in [2.75, 3.05) is 13.2 Å². The molecule has 188 valence electrons. The molecule has 8 heteroatoms. The summed E-state index contributed by atoms with van der Waals surface area (Å²) in [4.78, 5) is 15.5. The van der Waals surface area contributed by atoms with E-state index < -0.39 is 0 Å². The zero-order valence-corrected chi connectivity index (χ0v) is 21.5. The molecule has 37 heavy (non-hydrogen) atoms. The zero-order valence-electron chi connectivity index (χ0n) is 20.0. The van der Waals surface area contributed by atoms with Crippen LogP contribution in [-0.4, -0.2) is 40.3 Å². The maximum absolute atomic E-state index is 13.6. The summed E-state index contributed by atoms with van der Waals surface area (Å²) in [5, 5.41) is 8.89. The first-order valence-corrected chi connectivity index (χ1v) is 13.1. The Kier molecular flexibility index (Phi) is 6.63. The maximum Gasteiger partial charge on any atom is 0.273 e. The minimum Gasteiger partial charge on any atom is -0.489 e. The van der Waals surface area contributed by atoms with E-state index in [0.717, 1.165) is 53.1 Å². The van der Waals surface area contributed by atoms with Crippen LogP contribution in [0.5, 0.6) is 5.75 Å². The summed E-state index contributed by atoms with van der Waals surface area (Å²) in [6.45, 7) is 1.71. The Labute approximate surface area is 225 Å². The second-order valence-corrected chi connectivity index (χ2v) is 10.2. The van der Waals surface area contributed by atoms with Gasteiger partial charge in [-0.2, -0.15) is 5.10 Å². The Balaban J connectivity index is 1.31. The number of nitrogens with zero attached hydrogens (tertiary/aromatic N) is 2. The van der Waals surface area contributed by atoms with Gasteiger partial charge < -0.3 is 14.4 Å². The van der Waals surface area contributed by atoms with Crippen LogP contribution in [0.1, 0.15) is 46.1 Å². The van der Waals surface area contributed by atoms with Crippen LogP contribution in [0.4, 0.5) is 0 Å². The van der Waals surface area contributed by atoms with E-state index in [0.29, 0.717) is 28.9 Å². The Morgan fingerprint density at radius 2 is 1.68 bits per heavy atom. The van der Waals surface area contributed by atoms with E-state index in [1.54, 1.807) is 0 Å². The first kappa shape index (κ1) is 24.0. The number of aromatic nitrogens is 2. The van der Waals surface area contributed by atoms with Crippen LogP contribution in [0.25, 0.3) is 11.3 Å². The minimum atomic E-state index is -0.290. The molecule has 2 aliphatic heterocycles. The number of carbonyl (C=O) groups excluding carboxylic acids is 1. The third-order valence-electron chi connectivity index (χ3n) is 6.92. The molecular formula is C29H25Cl2N3O3. The Bertz CT molecular complexity index is 1400. The number of aromatic amines is 1. The Morgan fingerprint density at radius 1 is 0.973 bits per heavy atom. The highest BCUT2D eigenvalue weighted by atomic mass is 35.5. The monoisotopic (exact) mass is 533 g/mol. The molecule has 2 unspecified atom stereocenters.